The van der Waals surface area contributed by atoms with Gasteiger partial charge in [0.1, 0.15) is 5.75 Å². The predicted molar refractivity (Wildman–Crippen MR) is 75.4 cm³/mol. The standard InChI is InChI=1S/C16H24O/c1-5-7-14(8-6-2)15-9-11-16(12-10-15)17-13(3)4/h7,9-13H,5-6,8H2,1-4H3. The molecule has 0 saturated carbocycles. The van der Waals surface area contributed by atoms with Crippen LogP contribution in [0.4, 0.5) is 0 Å². The van der Waals surface area contributed by atoms with Crippen molar-refractivity contribution in [1.82, 2.24) is 0 Å². The Balaban J connectivity index is 2.81. The first-order valence-electron chi connectivity index (χ1n) is 6.63. The molecule has 94 valence electrons. The van der Waals surface area contributed by atoms with Crippen molar-refractivity contribution >= 4 is 5.57 Å². The van der Waals surface area contributed by atoms with Gasteiger partial charge in [-0.25, -0.2) is 0 Å². The Kier molecular flexibility index (Phi) is 5.82. The molecule has 0 unspecified atom stereocenters. The first kappa shape index (κ1) is 13.8. The molecule has 17 heavy (non-hydrogen) atoms. The molecule has 0 aliphatic heterocycles. The van der Waals surface area contributed by atoms with E-state index in [0.29, 0.717) is 0 Å². The summed E-state index contributed by atoms with van der Waals surface area (Å²) in [4.78, 5) is 0. The fraction of sp³-hybridized carbons (Fsp3) is 0.500. The highest BCUT2D eigenvalue weighted by atomic mass is 16.5. The van der Waals surface area contributed by atoms with Crippen LogP contribution in [-0.4, -0.2) is 6.10 Å². The second kappa shape index (κ2) is 7.16. The van der Waals surface area contributed by atoms with Gasteiger partial charge >= 0.3 is 0 Å². The number of ether oxygens (including phenoxy) is 1. The first-order valence-corrected chi connectivity index (χ1v) is 6.63. The van der Waals surface area contributed by atoms with Crippen molar-refractivity contribution in [2.24, 2.45) is 0 Å². The third-order valence-electron chi connectivity index (χ3n) is 2.57. The molecule has 0 heterocycles. The third kappa shape index (κ3) is 4.64. The van der Waals surface area contributed by atoms with Crippen molar-refractivity contribution in [3.05, 3.63) is 35.9 Å². The van der Waals surface area contributed by atoms with Gasteiger partial charge < -0.3 is 4.74 Å². The van der Waals surface area contributed by atoms with Crippen LogP contribution in [0.25, 0.3) is 5.57 Å². The van der Waals surface area contributed by atoms with Crippen molar-refractivity contribution in [1.29, 1.82) is 0 Å². The van der Waals surface area contributed by atoms with Crippen LogP contribution in [0, 0.1) is 0 Å². The molecular weight excluding hydrogens is 208 g/mol. The summed E-state index contributed by atoms with van der Waals surface area (Å²) in [5.41, 5.74) is 2.77. The van der Waals surface area contributed by atoms with Gasteiger partial charge in [-0.05, 0) is 50.0 Å². The lowest BCUT2D eigenvalue weighted by Crippen LogP contribution is -2.05. The summed E-state index contributed by atoms with van der Waals surface area (Å²) in [5, 5.41) is 0. The number of hydrogen-bond donors (Lipinski definition) is 0. The summed E-state index contributed by atoms with van der Waals surface area (Å²) in [6.07, 6.45) is 6.00. The Morgan fingerprint density at radius 1 is 1.18 bits per heavy atom. The highest BCUT2D eigenvalue weighted by Gasteiger charge is 2.02. The Bertz CT molecular complexity index is 346. The molecule has 0 aromatic heterocycles. The average Bonchev–Trinajstić information content (AvgIpc) is 2.29. The topological polar surface area (TPSA) is 9.23 Å². The first-order chi connectivity index (χ1) is 8.17. The smallest absolute Gasteiger partial charge is 0.119 e. The van der Waals surface area contributed by atoms with Crippen molar-refractivity contribution in [3.63, 3.8) is 0 Å². The SMILES string of the molecule is CCC=C(CCC)c1ccc(OC(C)C)cc1. The monoisotopic (exact) mass is 232 g/mol. The lowest BCUT2D eigenvalue weighted by atomic mass is 10.0. The molecule has 0 aliphatic rings. The average molecular weight is 232 g/mol. The second-order valence-corrected chi connectivity index (χ2v) is 4.58. The molecule has 0 aliphatic carbocycles. The molecule has 0 fully saturated rings. The maximum atomic E-state index is 5.65. The summed E-state index contributed by atoms with van der Waals surface area (Å²) in [6.45, 7) is 8.51. The van der Waals surface area contributed by atoms with E-state index in [-0.39, 0.29) is 6.10 Å². The van der Waals surface area contributed by atoms with Crippen molar-refractivity contribution < 1.29 is 4.74 Å². The van der Waals surface area contributed by atoms with Crippen LogP contribution in [0.3, 0.4) is 0 Å². The Morgan fingerprint density at radius 3 is 2.29 bits per heavy atom. The maximum absolute atomic E-state index is 5.65. The molecule has 1 heteroatoms. The van der Waals surface area contributed by atoms with Gasteiger partial charge in [0.15, 0.2) is 0 Å². The fourth-order valence-electron chi connectivity index (χ4n) is 1.90. The van der Waals surface area contributed by atoms with Crippen molar-refractivity contribution in [2.75, 3.05) is 0 Å². The molecule has 0 amide bonds. The fourth-order valence-corrected chi connectivity index (χ4v) is 1.90. The Labute approximate surface area is 106 Å². The number of allylic oxidation sites excluding steroid dienone is 2. The number of hydrogen-bond acceptors (Lipinski definition) is 1. The molecule has 0 atom stereocenters. The van der Waals surface area contributed by atoms with Gasteiger partial charge in [0.2, 0.25) is 0 Å². The summed E-state index contributed by atoms with van der Waals surface area (Å²) in [6, 6.07) is 8.45. The zero-order valence-electron chi connectivity index (χ0n) is 11.5. The number of rotatable bonds is 6. The Morgan fingerprint density at radius 2 is 1.82 bits per heavy atom. The largest absolute Gasteiger partial charge is 0.491 e. The molecule has 1 aromatic rings. The molecule has 0 radical (unpaired) electrons. The van der Waals surface area contributed by atoms with E-state index in [1.165, 1.54) is 17.6 Å². The zero-order valence-corrected chi connectivity index (χ0v) is 11.5. The van der Waals surface area contributed by atoms with Crippen molar-refractivity contribution in [2.45, 2.75) is 53.1 Å². The van der Waals surface area contributed by atoms with E-state index in [1.54, 1.807) is 0 Å². The van der Waals surface area contributed by atoms with Crippen LogP contribution >= 0.6 is 0 Å². The molecule has 0 N–H and O–H groups in total. The van der Waals surface area contributed by atoms with Gasteiger partial charge in [0.25, 0.3) is 0 Å². The van der Waals surface area contributed by atoms with E-state index < -0.39 is 0 Å². The van der Waals surface area contributed by atoms with Crippen LogP contribution in [0.1, 0.15) is 52.5 Å². The predicted octanol–water partition coefficient (Wildman–Crippen LogP) is 5.07. The Hall–Kier alpha value is -1.24. The summed E-state index contributed by atoms with van der Waals surface area (Å²) < 4.78 is 5.65. The van der Waals surface area contributed by atoms with E-state index in [1.807, 2.05) is 13.8 Å². The minimum absolute atomic E-state index is 0.238. The lowest BCUT2D eigenvalue weighted by Gasteiger charge is -2.11. The molecule has 0 spiro atoms. The van der Waals surface area contributed by atoms with Gasteiger partial charge in [-0.3, -0.25) is 0 Å². The van der Waals surface area contributed by atoms with Crippen LogP contribution in [0.15, 0.2) is 30.3 Å². The molecule has 0 bridgehead atoms. The molecule has 0 saturated heterocycles. The molecule has 1 rings (SSSR count). The van der Waals surface area contributed by atoms with Crippen LogP contribution in [0.2, 0.25) is 0 Å². The number of benzene rings is 1. The van der Waals surface area contributed by atoms with E-state index in [0.717, 1.165) is 18.6 Å². The quantitative estimate of drug-likeness (QED) is 0.665. The summed E-state index contributed by atoms with van der Waals surface area (Å²) in [7, 11) is 0. The molecular formula is C16H24O. The molecule has 1 nitrogen and oxygen atoms in total. The van der Waals surface area contributed by atoms with E-state index in [4.69, 9.17) is 4.74 Å². The van der Waals surface area contributed by atoms with Crippen LogP contribution in [0.5, 0.6) is 5.75 Å². The zero-order chi connectivity index (χ0) is 12.7. The minimum atomic E-state index is 0.238. The van der Waals surface area contributed by atoms with E-state index in [9.17, 15) is 0 Å². The highest BCUT2D eigenvalue weighted by molar-refractivity contribution is 5.65. The normalized spacial score (nSPS) is 11.9. The van der Waals surface area contributed by atoms with Gasteiger partial charge in [-0.1, -0.05) is 38.5 Å². The van der Waals surface area contributed by atoms with E-state index >= 15 is 0 Å². The van der Waals surface area contributed by atoms with Crippen molar-refractivity contribution in [3.8, 4) is 5.75 Å². The molecule has 1 aromatic carbocycles. The maximum Gasteiger partial charge on any atom is 0.119 e. The second-order valence-electron chi connectivity index (χ2n) is 4.58. The van der Waals surface area contributed by atoms with Gasteiger partial charge in [0.05, 0.1) is 6.10 Å². The van der Waals surface area contributed by atoms with Gasteiger partial charge in [-0.15, -0.1) is 0 Å². The van der Waals surface area contributed by atoms with Crippen LogP contribution in [-0.2, 0) is 0 Å². The lowest BCUT2D eigenvalue weighted by molar-refractivity contribution is 0.242. The minimum Gasteiger partial charge on any atom is -0.491 e. The summed E-state index contributed by atoms with van der Waals surface area (Å²) >= 11 is 0. The van der Waals surface area contributed by atoms with Gasteiger partial charge in [-0.2, -0.15) is 0 Å². The highest BCUT2D eigenvalue weighted by Crippen LogP contribution is 2.23. The van der Waals surface area contributed by atoms with E-state index in [2.05, 4.69) is 44.2 Å². The third-order valence-corrected chi connectivity index (χ3v) is 2.57. The van der Waals surface area contributed by atoms with Gasteiger partial charge in [0, 0.05) is 0 Å². The summed E-state index contributed by atoms with van der Waals surface area (Å²) in [5.74, 6) is 0.955. The van der Waals surface area contributed by atoms with Crippen LogP contribution < -0.4 is 4.74 Å².